The fourth-order valence-corrected chi connectivity index (χ4v) is 1.25. The summed E-state index contributed by atoms with van der Waals surface area (Å²) in [5.74, 6) is -0.938. The van der Waals surface area contributed by atoms with E-state index in [4.69, 9.17) is 5.53 Å². The van der Waals surface area contributed by atoms with Crippen LogP contribution in [-0.4, -0.2) is 29.4 Å². The van der Waals surface area contributed by atoms with Gasteiger partial charge in [-0.25, -0.2) is 4.79 Å². The van der Waals surface area contributed by atoms with E-state index in [2.05, 4.69) is 14.8 Å². The molecule has 1 aromatic rings. The van der Waals surface area contributed by atoms with E-state index in [1.54, 1.807) is 0 Å². The van der Waals surface area contributed by atoms with Crippen LogP contribution in [0.25, 0.3) is 10.4 Å². The van der Waals surface area contributed by atoms with E-state index in [0.717, 1.165) is 7.11 Å². The van der Waals surface area contributed by atoms with Crippen LogP contribution in [0.4, 0.5) is 5.69 Å². The molecule has 90 valence electrons. The van der Waals surface area contributed by atoms with Gasteiger partial charge in [0.05, 0.1) is 7.11 Å². The lowest BCUT2D eigenvalue weighted by molar-refractivity contribution is -0.156. The van der Waals surface area contributed by atoms with Crippen molar-refractivity contribution in [3.05, 3.63) is 40.3 Å². The van der Waals surface area contributed by atoms with Crippen LogP contribution in [0.2, 0.25) is 0 Å². The zero-order chi connectivity index (χ0) is 12.8. The monoisotopic (exact) mass is 237 g/mol. The van der Waals surface area contributed by atoms with Crippen molar-refractivity contribution in [2.24, 2.45) is 5.11 Å². The fraction of sp³-hybridized carbons (Fsp3) is 0.300. The predicted octanol–water partition coefficient (Wildman–Crippen LogP) is 1.20. The predicted molar refractivity (Wildman–Crippen MR) is 58.2 cm³/mol. The van der Waals surface area contributed by atoms with Crippen LogP contribution in [-0.2, 0) is 9.53 Å². The Balaban J connectivity index is 2.95. The number of azide groups is 1. The number of carbonyl (C=O) groups excluding carboxylic acids is 1. The summed E-state index contributed by atoms with van der Waals surface area (Å²) in [6.07, 6.45) is -3.11. The molecule has 0 aliphatic heterocycles. The molecule has 2 N–H and O–H groups in total. The van der Waals surface area contributed by atoms with Crippen molar-refractivity contribution in [2.75, 3.05) is 7.11 Å². The number of ether oxygens (including phenoxy) is 1. The lowest BCUT2D eigenvalue weighted by Crippen LogP contribution is -2.28. The lowest BCUT2D eigenvalue weighted by Gasteiger charge is -2.16. The normalized spacial score (nSPS) is 13.4. The van der Waals surface area contributed by atoms with Gasteiger partial charge in [0.15, 0.2) is 6.10 Å². The number of nitrogens with zero attached hydrogens (tertiary/aromatic N) is 3. The molecule has 0 heterocycles. The molecule has 0 spiro atoms. The van der Waals surface area contributed by atoms with E-state index in [1.807, 2.05) is 0 Å². The largest absolute Gasteiger partial charge is 0.467 e. The zero-order valence-corrected chi connectivity index (χ0v) is 9.02. The van der Waals surface area contributed by atoms with Crippen molar-refractivity contribution in [2.45, 2.75) is 12.2 Å². The molecule has 1 aromatic carbocycles. The molecule has 0 bridgehead atoms. The SMILES string of the molecule is COC(=O)C(O)C(O)c1cccc(N=[N+]=[N-])c1. The van der Waals surface area contributed by atoms with Crippen LogP contribution in [0.3, 0.4) is 0 Å². The molecule has 0 saturated carbocycles. The molecular weight excluding hydrogens is 226 g/mol. The van der Waals surface area contributed by atoms with Crippen molar-refractivity contribution in [1.82, 2.24) is 0 Å². The van der Waals surface area contributed by atoms with E-state index in [-0.39, 0.29) is 11.3 Å². The quantitative estimate of drug-likeness (QED) is 0.354. The highest BCUT2D eigenvalue weighted by Crippen LogP contribution is 2.22. The standard InChI is InChI=1S/C10H11N3O4/c1-17-10(16)9(15)8(14)6-3-2-4-7(5-6)12-13-11/h2-5,8-9,14-15H,1H3. The Morgan fingerprint density at radius 1 is 1.53 bits per heavy atom. The average Bonchev–Trinajstić information content (AvgIpc) is 2.36. The van der Waals surface area contributed by atoms with E-state index < -0.39 is 18.2 Å². The van der Waals surface area contributed by atoms with Gasteiger partial charge in [-0.05, 0) is 17.2 Å². The average molecular weight is 237 g/mol. The first-order valence-corrected chi connectivity index (χ1v) is 4.69. The first-order valence-electron chi connectivity index (χ1n) is 4.69. The molecule has 7 heteroatoms. The first kappa shape index (κ1) is 13.0. The van der Waals surface area contributed by atoms with E-state index in [0.29, 0.717) is 0 Å². The molecule has 1 rings (SSSR count). The number of carbonyl (C=O) groups is 1. The highest BCUT2D eigenvalue weighted by Gasteiger charge is 2.26. The second-order valence-corrected chi connectivity index (χ2v) is 3.20. The van der Waals surface area contributed by atoms with Crippen molar-refractivity contribution < 1.29 is 19.7 Å². The molecular formula is C10H11N3O4. The van der Waals surface area contributed by atoms with Crippen molar-refractivity contribution >= 4 is 11.7 Å². The van der Waals surface area contributed by atoms with E-state index in [9.17, 15) is 15.0 Å². The summed E-state index contributed by atoms with van der Waals surface area (Å²) in [6.45, 7) is 0. The maximum atomic E-state index is 11.0. The fourth-order valence-electron chi connectivity index (χ4n) is 1.25. The van der Waals surface area contributed by atoms with Crippen molar-refractivity contribution in [1.29, 1.82) is 0 Å². The van der Waals surface area contributed by atoms with Gasteiger partial charge in [0.25, 0.3) is 0 Å². The van der Waals surface area contributed by atoms with Crippen molar-refractivity contribution in [3.8, 4) is 0 Å². The Morgan fingerprint density at radius 2 is 2.24 bits per heavy atom. The minimum atomic E-state index is -1.68. The van der Waals surface area contributed by atoms with Gasteiger partial charge in [-0.1, -0.05) is 23.3 Å². The number of aliphatic hydroxyl groups excluding tert-OH is 2. The molecule has 17 heavy (non-hydrogen) atoms. The Hall–Kier alpha value is -2.08. The van der Waals surface area contributed by atoms with Gasteiger partial charge in [0.1, 0.15) is 6.10 Å². The Bertz CT molecular complexity index is 457. The van der Waals surface area contributed by atoms with Gasteiger partial charge in [-0.3, -0.25) is 0 Å². The summed E-state index contributed by atoms with van der Waals surface area (Å²) >= 11 is 0. The summed E-state index contributed by atoms with van der Waals surface area (Å²) in [4.78, 5) is 13.6. The van der Waals surface area contributed by atoms with Gasteiger partial charge in [0, 0.05) is 10.6 Å². The van der Waals surface area contributed by atoms with Gasteiger partial charge < -0.3 is 14.9 Å². The van der Waals surface area contributed by atoms with Crippen LogP contribution in [0, 0.1) is 0 Å². The Kier molecular flexibility index (Phi) is 4.47. The highest BCUT2D eigenvalue weighted by atomic mass is 16.5. The summed E-state index contributed by atoms with van der Waals surface area (Å²) in [5.41, 5.74) is 8.79. The second-order valence-electron chi connectivity index (χ2n) is 3.20. The van der Waals surface area contributed by atoms with Gasteiger partial charge in [-0.15, -0.1) is 0 Å². The minimum absolute atomic E-state index is 0.257. The molecule has 7 nitrogen and oxygen atoms in total. The molecule has 0 amide bonds. The maximum absolute atomic E-state index is 11.0. The Labute approximate surface area is 96.9 Å². The molecule has 0 radical (unpaired) electrons. The van der Waals surface area contributed by atoms with Crippen LogP contribution in [0.5, 0.6) is 0 Å². The van der Waals surface area contributed by atoms with Gasteiger partial charge in [-0.2, -0.15) is 0 Å². The van der Waals surface area contributed by atoms with E-state index in [1.165, 1.54) is 24.3 Å². The number of benzene rings is 1. The molecule has 0 saturated heterocycles. The summed E-state index contributed by atoms with van der Waals surface area (Å²) in [7, 11) is 1.11. The molecule has 2 unspecified atom stereocenters. The topological polar surface area (TPSA) is 116 Å². The van der Waals surface area contributed by atoms with Crippen LogP contribution in [0.1, 0.15) is 11.7 Å². The summed E-state index contributed by atoms with van der Waals surface area (Å²) in [5, 5.41) is 22.5. The number of methoxy groups -OCH3 is 1. The van der Waals surface area contributed by atoms with Crippen LogP contribution < -0.4 is 0 Å². The summed E-state index contributed by atoms with van der Waals surface area (Å²) < 4.78 is 4.30. The number of hydrogen-bond donors (Lipinski definition) is 2. The maximum Gasteiger partial charge on any atom is 0.337 e. The molecule has 0 fully saturated rings. The smallest absolute Gasteiger partial charge is 0.337 e. The van der Waals surface area contributed by atoms with Gasteiger partial charge >= 0.3 is 5.97 Å². The molecule has 0 aliphatic rings. The van der Waals surface area contributed by atoms with Crippen molar-refractivity contribution in [3.63, 3.8) is 0 Å². The number of esters is 1. The lowest BCUT2D eigenvalue weighted by atomic mass is 10.0. The number of aliphatic hydroxyl groups is 2. The molecule has 0 aliphatic carbocycles. The Morgan fingerprint density at radius 3 is 2.82 bits per heavy atom. The van der Waals surface area contributed by atoms with E-state index >= 15 is 0 Å². The number of hydrogen-bond acceptors (Lipinski definition) is 5. The zero-order valence-electron chi connectivity index (χ0n) is 9.02. The van der Waals surface area contributed by atoms with Crippen LogP contribution >= 0.6 is 0 Å². The molecule has 2 atom stereocenters. The van der Waals surface area contributed by atoms with Gasteiger partial charge in [0.2, 0.25) is 0 Å². The third-order valence-electron chi connectivity index (χ3n) is 2.11. The minimum Gasteiger partial charge on any atom is -0.467 e. The third kappa shape index (κ3) is 3.18. The summed E-state index contributed by atoms with van der Waals surface area (Å²) in [6, 6.07) is 5.93. The molecule has 0 aromatic heterocycles. The second kappa shape index (κ2) is 5.86. The first-order chi connectivity index (χ1) is 8.10. The van der Waals surface area contributed by atoms with Crippen LogP contribution in [0.15, 0.2) is 29.4 Å². The highest BCUT2D eigenvalue weighted by molar-refractivity contribution is 5.75. The third-order valence-corrected chi connectivity index (χ3v) is 2.11. The number of rotatable bonds is 4.